The number of hydrogen-bond acceptors (Lipinski definition) is 3. The molecule has 82 valence electrons. The normalized spacial score (nSPS) is 15.2. The van der Waals surface area contributed by atoms with E-state index in [1.54, 1.807) is 0 Å². The highest BCUT2D eigenvalue weighted by molar-refractivity contribution is 6.31. The number of halogens is 1. The van der Waals surface area contributed by atoms with Crippen molar-refractivity contribution in [2.45, 2.75) is 6.92 Å². The molecule has 3 nitrogen and oxygen atoms in total. The Labute approximate surface area is 98.1 Å². The zero-order valence-corrected chi connectivity index (χ0v) is 9.64. The Bertz CT molecular complexity index is 586. The van der Waals surface area contributed by atoms with Gasteiger partial charge in [0.05, 0.1) is 12.1 Å². The third-order valence-corrected chi connectivity index (χ3v) is 2.97. The topological polar surface area (TPSA) is 37.5 Å². The first-order valence-electron chi connectivity index (χ1n) is 5.23. The number of benzene rings is 1. The largest absolute Gasteiger partial charge is 0.461 e. The SMILES string of the molecule is Cc1oc2ccc(Cl)cc2c1C1=NCCN1. The molecule has 1 aliphatic rings. The highest BCUT2D eigenvalue weighted by atomic mass is 35.5. The van der Waals surface area contributed by atoms with E-state index in [1.165, 1.54) is 0 Å². The first kappa shape index (κ1) is 9.73. The zero-order chi connectivity index (χ0) is 11.1. The number of nitrogens with zero attached hydrogens (tertiary/aromatic N) is 1. The molecule has 0 amide bonds. The molecule has 1 aromatic carbocycles. The smallest absolute Gasteiger partial charge is 0.135 e. The summed E-state index contributed by atoms with van der Waals surface area (Å²) in [5.74, 6) is 1.80. The summed E-state index contributed by atoms with van der Waals surface area (Å²) in [6.45, 7) is 3.66. The number of hydrogen-bond donors (Lipinski definition) is 1. The number of amidine groups is 1. The fourth-order valence-electron chi connectivity index (χ4n) is 2.05. The Morgan fingerprint density at radius 1 is 1.44 bits per heavy atom. The summed E-state index contributed by atoms with van der Waals surface area (Å²) in [6, 6.07) is 5.65. The number of fused-ring (bicyclic) bond motifs is 1. The van der Waals surface area contributed by atoms with Gasteiger partial charge < -0.3 is 9.73 Å². The molecule has 16 heavy (non-hydrogen) atoms. The van der Waals surface area contributed by atoms with Crippen LogP contribution in [0.3, 0.4) is 0 Å². The van der Waals surface area contributed by atoms with Crippen LogP contribution in [0, 0.1) is 6.92 Å². The van der Waals surface area contributed by atoms with Crippen molar-refractivity contribution in [3.8, 4) is 0 Å². The minimum atomic E-state index is 0.716. The molecule has 3 rings (SSSR count). The first-order valence-corrected chi connectivity index (χ1v) is 5.61. The molecule has 2 heterocycles. The third kappa shape index (κ3) is 1.39. The van der Waals surface area contributed by atoms with Gasteiger partial charge in [0.25, 0.3) is 0 Å². The molecular weight excluding hydrogens is 224 g/mol. The predicted octanol–water partition coefficient (Wildman–Crippen LogP) is 2.74. The van der Waals surface area contributed by atoms with Gasteiger partial charge in [-0.1, -0.05) is 11.6 Å². The lowest BCUT2D eigenvalue weighted by Gasteiger charge is -2.00. The summed E-state index contributed by atoms with van der Waals surface area (Å²) in [4.78, 5) is 4.42. The van der Waals surface area contributed by atoms with E-state index in [9.17, 15) is 0 Å². The average molecular weight is 235 g/mol. The van der Waals surface area contributed by atoms with Gasteiger partial charge in [0.2, 0.25) is 0 Å². The summed E-state index contributed by atoms with van der Waals surface area (Å²) in [7, 11) is 0. The monoisotopic (exact) mass is 234 g/mol. The van der Waals surface area contributed by atoms with Crippen LogP contribution in [0.2, 0.25) is 5.02 Å². The van der Waals surface area contributed by atoms with Crippen molar-refractivity contribution in [1.82, 2.24) is 5.32 Å². The first-order chi connectivity index (χ1) is 7.75. The van der Waals surface area contributed by atoms with Crippen LogP contribution in [0.15, 0.2) is 27.6 Å². The standard InChI is InChI=1S/C12H11ClN2O/c1-7-11(12-14-4-5-15-12)9-6-8(13)2-3-10(9)16-7/h2-3,6H,4-5H2,1H3,(H,14,15). The fourth-order valence-corrected chi connectivity index (χ4v) is 2.22. The second-order valence-electron chi connectivity index (χ2n) is 3.83. The number of rotatable bonds is 1. The van der Waals surface area contributed by atoms with Gasteiger partial charge in [-0.05, 0) is 25.1 Å². The van der Waals surface area contributed by atoms with Crippen LogP contribution in [0.1, 0.15) is 11.3 Å². The van der Waals surface area contributed by atoms with E-state index in [-0.39, 0.29) is 0 Å². The molecule has 0 radical (unpaired) electrons. The molecule has 1 aliphatic heterocycles. The molecule has 0 atom stereocenters. The Balaban J connectivity index is 2.29. The zero-order valence-electron chi connectivity index (χ0n) is 8.88. The molecule has 4 heteroatoms. The quantitative estimate of drug-likeness (QED) is 0.824. The highest BCUT2D eigenvalue weighted by Gasteiger charge is 2.18. The Hall–Kier alpha value is -1.48. The maximum absolute atomic E-state index is 6.00. The molecule has 0 saturated carbocycles. The predicted molar refractivity (Wildman–Crippen MR) is 65.4 cm³/mol. The van der Waals surface area contributed by atoms with Crippen LogP contribution < -0.4 is 5.32 Å². The third-order valence-electron chi connectivity index (χ3n) is 2.74. The van der Waals surface area contributed by atoms with Gasteiger partial charge in [0.15, 0.2) is 0 Å². The minimum Gasteiger partial charge on any atom is -0.461 e. The van der Waals surface area contributed by atoms with Crippen molar-refractivity contribution in [3.63, 3.8) is 0 Å². The maximum Gasteiger partial charge on any atom is 0.135 e. The van der Waals surface area contributed by atoms with Crippen molar-refractivity contribution in [1.29, 1.82) is 0 Å². The van der Waals surface area contributed by atoms with Gasteiger partial charge in [0, 0.05) is 17.0 Å². The van der Waals surface area contributed by atoms with Gasteiger partial charge in [-0.2, -0.15) is 0 Å². The average Bonchev–Trinajstić information content (AvgIpc) is 2.83. The molecule has 0 unspecified atom stereocenters. The van der Waals surface area contributed by atoms with E-state index < -0.39 is 0 Å². The van der Waals surface area contributed by atoms with Crippen molar-refractivity contribution in [2.24, 2.45) is 4.99 Å². The van der Waals surface area contributed by atoms with Gasteiger partial charge in [-0.15, -0.1) is 0 Å². The number of furan rings is 1. The molecule has 1 aromatic heterocycles. The maximum atomic E-state index is 6.00. The van der Waals surface area contributed by atoms with Crippen molar-refractivity contribution >= 4 is 28.4 Å². The lowest BCUT2D eigenvalue weighted by molar-refractivity contribution is 0.577. The molecule has 0 spiro atoms. The van der Waals surface area contributed by atoms with Gasteiger partial charge in [-0.25, -0.2) is 0 Å². The summed E-state index contributed by atoms with van der Waals surface area (Å²) in [5, 5.41) is 5.00. The van der Waals surface area contributed by atoms with Crippen molar-refractivity contribution in [2.75, 3.05) is 13.1 Å². The van der Waals surface area contributed by atoms with Crippen LogP contribution >= 0.6 is 11.6 Å². The van der Waals surface area contributed by atoms with Crippen LogP contribution in [-0.2, 0) is 0 Å². The highest BCUT2D eigenvalue weighted by Crippen LogP contribution is 2.28. The molecular formula is C12H11ClN2O. The summed E-state index contributed by atoms with van der Waals surface area (Å²) < 4.78 is 5.69. The number of aliphatic imine (C=N–C) groups is 1. The van der Waals surface area contributed by atoms with E-state index in [1.807, 2.05) is 25.1 Å². The summed E-state index contributed by atoms with van der Waals surface area (Å²) in [6.07, 6.45) is 0. The Morgan fingerprint density at radius 3 is 3.06 bits per heavy atom. The van der Waals surface area contributed by atoms with Crippen molar-refractivity contribution in [3.05, 3.63) is 34.5 Å². The molecule has 0 fully saturated rings. The Kier molecular flexibility index (Phi) is 2.14. The number of nitrogens with one attached hydrogen (secondary N) is 1. The molecule has 2 aromatic rings. The lowest BCUT2D eigenvalue weighted by Crippen LogP contribution is -2.19. The van der Waals surface area contributed by atoms with E-state index in [2.05, 4.69) is 10.3 Å². The van der Waals surface area contributed by atoms with Crippen LogP contribution in [0.25, 0.3) is 11.0 Å². The van der Waals surface area contributed by atoms with Gasteiger partial charge in [0.1, 0.15) is 17.2 Å². The van der Waals surface area contributed by atoms with Crippen LogP contribution in [0.5, 0.6) is 0 Å². The van der Waals surface area contributed by atoms with Crippen LogP contribution in [0.4, 0.5) is 0 Å². The molecule has 0 saturated heterocycles. The second kappa shape index (κ2) is 3.52. The summed E-state index contributed by atoms with van der Waals surface area (Å²) in [5.41, 5.74) is 1.89. The summed E-state index contributed by atoms with van der Waals surface area (Å²) >= 11 is 6.00. The second-order valence-corrected chi connectivity index (χ2v) is 4.27. The van der Waals surface area contributed by atoms with Crippen LogP contribution in [-0.4, -0.2) is 18.9 Å². The van der Waals surface area contributed by atoms with E-state index in [0.29, 0.717) is 5.02 Å². The van der Waals surface area contributed by atoms with E-state index in [4.69, 9.17) is 16.0 Å². The minimum absolute atomic E-state index is 0.716. The van der Waals surface area contributed by atoms with Gasteiger partial charge >= 0.3 is 0 Å². The van der Waals surface area contributed by atoms with E-state index in [0.717, 1.165) is 41.2 Å². The fraction of sp³-hybridized carbons (Fsp3) is 0.250. The molecule has 0 bridgehead atoms. The van der Waals surface area contributed by atoms with Gasteiger partial charge in [-0.3, -0.25) is 4.99 Å². The molecule has 1 N–H and O–H groups in total. The lowest BCUT2D eigenvalue weighted by atomic mass is 10.1. The molecule has 0 aliphatic carbocycles. The Morgan fingerprint density at radius 2 is 2.31 bits per heavy atom. The van der Waals surface area contributed by atoms with E-state index >= 15 is 0 Å². The number of aryl methyl sites for hydroxylation is 1. The van der Waals surface area contributed by atoms with Crippen molar-refractivity contribution < 1.29 is 4.42 Å².